The van der Waals surface area contributed by atoms with E-state index in [0.29, 0.717) is 17.2 Å². The molecule has 5 heteroatoms. The summed E-state index contributed by atoms with van der Waals surface area (Å²) in [6, 6.07) is 5.33. The number of nitrogens with zero attached hydrogens (tertiary/aromatic N) is 2. The molecule has 1 aliphatic heterocycles. The van der Waals surface area contributed by atoms with Crippen LogP contribution in [-0.2, 0) is 6.54 Å². The van der Waals surface area contributed by atoms with Gasteiger partial charge in [0.15, 0.2) is 0 Å². The van der Waals surface area contributed by atoms with Crippen LogP contribution in [0.1, 0.15) is 36.8 Å². The zero-order valence-electron chi connectivity index (χ0n) is 10.6. The highest BCUT2D eigenvalue weighted by Crippen LogP contribution is 2.41. The predicted octanol–water partition coefficient (Wildman–Crippen LogP) is 3.11. The molecule has 0 radical (unpaired) electrons. The van der Waals surface area contributed by atoms with Crippen LogP contribution < -0.4 is 4.74 Å². The van der Waals surface area contributed by atoms with Gasteiger partial charge in [0, 0.05) is 23.6 Å². The van der Waals surface area contributed by atoms with Gasteiger partial charge in [-0.2, -0.15) is 0 Å². The number of rotatable bonds is 2. The van der Waals surface area contributed by atoms with Crippen molar-refractivity contribution in [2.75, 3.05) is 0 Å². The van der Waals surface area contributed by atoms with Crippen molar-refractivity contribution in [2.24, 2.45) is 0 Å². The zero-order valence-corrected chi connectivity index (χ0v) is 11.3. The Morgan fingerprint density at radius 1 is 1.53 bits per heavy atom. The Morgan fingerprint density at radius 3 is 3.16 bits per heavy atom. The molecule has 3 rings (SSSR count). The monoisotopic (exact) mass is 278 g/mol. The van der Waals surface area contributed by atoms with E-state index in [1.807, 2.05) is 4.57 Å². The molecule has 0 saturated carbocycles. The van der Waals surface area contributed by atoms with Crippen molar-refractivity contribution >= 4 is 11.6 Å². The SMILES string of the molecule is CCn1cncc1C1C[C@H](O)c2cc(Cl)ccc2O1. The Hall–Kier alpha value is -1.52. The normalized spacial score (nSPS) is 21.8. The zero-order chi connectivity index (χ0) is 13.4. The van der Waals surface area contributed by atoms with Gasteiger partial charge in [-0.3, -0.25) is 0 Å². The first kappa shape index (κ1) is 12.5. The van der Waals surface area contributed by atoms with Crippen molar-refractivity contribution in [3.63, 3.8) is 0 Å². The highest BCUT2D eigenvalue weighted by molar-refractivity contribution is 6.30. The van der Waals surface area contributed by atoms with Crippen molar-refractivity contribution < 1.29 is 9.84 Å². The topological polar surface area (TPSA) is 47.3 Å². The van der Waals surface area contributed by atoms with Crippen LogP contribution in [0.15, 0.2) is 30.7 Å². The minimum Gasteiger partial charge on any atom is -0.484 e. The minimum atomic E-state index is -0.562. The molecule has 0 amide bonds. The summed E-state index contributed by atoms with van der Waals surface area (Å²) in [4.78, 5) is 4.14. The maximum absolute atomic E-state index is 10.3. The molecule has 1 aromatic carbocycles. The molecule has 19 heavy (non-hydrogen) atoms. The van der Waals surface area contributed by atoms with Crippen LogP contribution >= 0.6 is 11.6 Å². The van der Waals surface area contributed by atoms with Gasteiger partial charge in [0.1, 0.15) is 11.9 Å². The number of hydrogen-bond acceptors (Lipinski definition) is 3. The average molecular weight is 279 g/mol. The second-order valence-corrected chi connectivity index (χ2v) is 5.08. The molecular formula is C14H15ClN2O2. The molecule has 2 heterocycles. The molecule has 1 unspecified atom stereocenters. The van der Waals surface area contributed by atoms with Crippen LogP contribution in [0.25, 0.3) is 0 Å². The lowest BCUT2D eigenvalue weighted by Crippen LogP contribution is -2.21. The summed E-state index contributed by atoms with van der Waals surface area (Å²) in [7, 11) is 0. The van der Waals surface area contributed by atoms with E-state index in [9.17, 15) is 5.11 Å². The number of imidazole rings is 1. The maximum atomic E-state index is 10.3. The molecule has 0 aliphatic carbocycles. The van der Waals surface area contributed by atoms with E-state index in [1.165, 1.54) is 0 Å². The molecular weight excluding hydrogens is 264 g/mol. The number of halogens is 1. The van der Waals surface area contributed by atoms with Gasteiger partial charge in [0.25, 0.3) is 0 Å². The van der Waals surface area contributed by atoms with Crippen LogP contribution in [0, 0.1) is 0 Å². The van der Waals surface area contributed by atoms with Crippen molar-refractivity contribution in [3.8, 4) is 5.75 Å². The number of aryl methyl sites for hydroxylation is 1. The number of aliphatic hydroxyl groups excluding tert-OH is 1. The molecule has 2 aromatic rings. The average Bonchev–Trinajstić information content (AvgIpc) is 2.87. The van der Waals surface area contributed by atoms with Gasteiger partial charge in [-0.05, 0) is 25.1 Å². The molecule has 0 fully saturated rings. The van der Waals surface area contributed by atoms with Crippen LogP contribution in [0.5, 0.6) is 5.75 Å². The van der Waals surface area contributed by atoms with Gasteiger partial charge < -0.3 is 14.4 Å². The van der Waals surface area contributed by atoms with Crippen molar-refractivity contribution in [3.05, 3.63) is 47.0 Å². The van der Waals surface area contributed by atoms with Crippen molar-refractivity contribution in [1.29, 1.82) is 0 Å². The second-order valence-electron chi connectivity index (χ2n) is 4.64. The van der Waals surface area contributed by atoms with Crippen LogP contribution in [0.3, 0.4) is 0 Å². The van der Waals surface area contributed by atoms with E-state index >= 15 is 0 Å². The van der Waals surface area contributed by atoms with Gasteiger partial charge in [0.2, 0.25) is 0 Å². The fourth-order valence-corrected chi connectivity index (χ4v) is 2.64. The lowest BCUT2D eigenvalue weighted by molar-refractivity contribution is 0.0619. The highest BCUT2D eigenvalue weighted by Gasteiger charge is 2.29. The quantitative estimate of drug-likeness (QED) is 0.918. The number of ether oxygens (including phenoxy) is 1. The third-order valence-corrected chi connectivity index (χ3v) is 3.69. The Bertz CT molecular complexity index is 597. The smallest absolute Gasteiger partial charge is 0.143 e. The summed E-state index contributed by atoms with van der Waals surface area (Å²) >= 11 is 5.94. The first-order valence-corrected chi connectivity index (χ1v) is 6.71. The van der Waals surface area contributed by atoms with Gasteiger partial charge in [-0.15, -0.1) is 0 Å². The summed E-state index contributed by atoms with van der Waals surface area (Å²) in [5.41, 5.74) is 1.74. The molecule has 4 nitrogen and oxygen atoms in total. The summed E-state index contributed by atoms with van der Waals surface area (Å²) in [5, 5.41) is 10.9. The van der Waals surface area contributed by atoms with Gasteiger partial charge >= 0.3 is 0 Å². The lowest BCUT2D eigenvalue weighted by atomic mass is 9.97. The van der Waals surface area contributed by atoms with Crippen LogP contribution in [0.4, 0.5) is 0 Å². The fraction of sp³-hybridized carbons (Fsp3) is 0.357. The Balaban J connectivity index is 1.95. The minimum absolute atomic E-state index is 0.175. The second kappa shape index (κ2) is 4.87. The number of benzene rings is 1. The number of hydrogen-bond donors (Lipinski definition) is 1. The molecule has 0 spiro atoms. The molecule has 100 valence electrons. The molecule has 1 N–H and O–H groups in total. The van der Waals surface area contributed by atoms with E-state index in [-0.39, 0.29) is 6.10 Å². The molecule has 0 saturated heterocycles. The van der Waals surface area contributed by atoms with Gasteiger partial charge in [0.05, 0.1) is 24.3 Å². The first-order valence-electron chi connectivity index (χ1n) is 6.33. The van der Waals surface area contributed by atoms with E-state index in [1.54, 1.807) is 30.7 Å². The Morgan fingerprint density at radius 2 is 2.37 bits per heavy atom. The third-order valence-electron chi connectivity index (χ3n) is 3.45. The number of fused-ring (bicyclic) bond motifs is 1. The van der Waals surface area contributed by atoms with Crippen molar-refractivity contribution in [1.82, 2.24) is 9.55 Å². The van der Waals surface area contributed by atoms with E-state index in [2.05, 4.69) is 11.9 Å². The summed E-state index contributed by atoms with van der Waals surface area (Å²) < 4.78 is 7.99. The summed E-state index contributed by atoms with van der Waals surface area (Å²) in [6.07, 6.45) is 3.35. The Kier molecular flexibility index (Phi) is 3.21. The van der Waals surface area contributed by atoms with Crippen LogP contribution in [-0.4, -0.2) is 14.7 Å². The standard InChI is InChI=1S/C14H15ClN2O2/c1-2-17-8-16-7-11(17)14-6-12(18)10-5-9(15)3-4-13(10)19-14/h3-5,7-8,12,14,18H,2,6H2,1H3/t12-,14?/m0/s1. The summed E-state index contributed by atoms with van der Waals surface area (Å²) in [5.74, 6) is 0.692. The van der Waals surface area contributed by atoms with E-state index in [0.717, 1.165) is 17.8 Å². The van der Waals surface area contributed by atoms with E-state index in [4.69, 9.17) is 16.3 Å². The number of aliphatic hydroxyl groups is 1. The van der Waals surface area contributed by atoms with Crippen molar-refractivity contribution in [2.45, 2.75) is 32.1 Å². The fourth-order valence-electron chi connectivity index (χ4n) is 2.46. The number of aromatic nitrogens is 2. The van der Waals surface area contributed by atoms with Gasteiger partial charge in [-0.25, -0.2) is 4.98 Å². The van der Waals surface area contributed by atoms with Gasteiger partial charge in [-0.1, -0.05) is 11.6 Å². The van der Waals surface area contributed by atoms with Crippen LogP contribution in [0.2, 0.25) is 5.02 Å². The first-order chi connectivity index (χ1) is 9.19. The Labute approximate surface area is 116 Å². The summed E-state index contributed by atoms with van der Waals surface area (Å²) in [6.45, 7) is 2.89. The molecule has 2 atom stereocenters. The molecule has 0 bridgehead atoms. The largest absolute Gasteiger partial charge is 0.484 e. The lowest BCUT2D eigenvalue weighted by Gasteiger charge is -2.30. The predicted molar refractivity (Wildman–Crippen MR) is 72.3 cm³/mol. The third kappa shape index (κ3) is 2.22. The molecule has 1 aromatic heterocycles. The highest BCUT2D eigenvalue weighted by atomic mass is 35.5. The maximum Gasteiger partial charge on any atom is 0.143 e. The molecule has 1 aliphatic rings. The van der Waals surface area contributed by atoms with E-state index < -0.39 is 6.10 Å².